The molecule has 4 rings (SSSR count). The van der Waals surface area contributed by atoms with Gasteiger partial charge in [0.15, 0.2) is 10.9 Å². The van der Waals surface area contributed by atoms with Crippen molar-refractivity contribution >= 4 is 55.8 Å². The topological polar surface area (TPSA) is 63.5 Å². The van der Waals surface area contributed by atoms with Crippen molar-refractivity contribution in [1.29, 1.82) is 0 Å². The van der Waals surface area contributed by atoms with E-state index in [1.165, 1.54) is 0 Å². The lowest BCUT2D eigenvalue weighted by Gasteiger charge is -2.11. The average Bonchev–Trinajstić information content (AvgIpc) is 3.16. The van der Waals surface area contributed by atoms with Crippen molar-refractivity contribution in [2.45, 2.75) is 6.61 Å². The SMILES string of the molecule is O=C(NC(=S)Nc1cccc(OCc2ccccc2)c1)c1cc2cc(Br)ccc2o1. The van der Waals surface area contributed by atoms with Crippen molar-refractivity contribution in [3.8, 4) is 5.75 Å². The van der Waals surface area contributed by atoms with Gasteiger partial charge in [-0.05, 0) is 54.2 Å². The molecule has 0 bridgehead atoms. The van der Waals surface area contributed by atoms with E-state index < -0.39 is 5.91 Å². The van der Waals surface area contributed by atoms with E-state index >= 15 is 0 Å². The zero-order valence-corrected chi connectivity index (χ0v) is 18.1. The minimum Gasteiger partial charge on any atom is -0.489 e. The number of rotatable bonds is 5. The summed E-state index contributed by atoms with van der Waals surface area (Å²) in [6.07, 6.45) is 0. The summed E-state index contributed by atoms with van der Waals surface area (Å²) in [4.78, 5) is 12.5. The Morgan fingerprint density at radius 3 is 2.67 bits per heavy atom. The third-order valence-electron chi connectivity index (χ3n) is 4.27. The third kappa shape index (κ3) is 5.06. The monoisotopic (exact) mass is 480 g/mol. The minimum atomic E-state index is -0.420. The van der Waals surface area contributed by atoms with Crippen molar-refractivity contribution in [3.05, 3.63) is 94.7 Å². The maximum absolute atomic E-state index is 12.5. The van der Waals surface area contributed by atoms with Crippen LogP contribution in [0.5, 0.6) is 5.75 Å². The van der Waals surface area contributed by atoms with E-state index in [0.29, 0.717) is 23.6 Å². The van der Waals surface area contributed by atoms with Gasteiger partial charge in [0.2, 0.25) is 0 Å². The molecule has 0 aliphatic rings. The fourth-order valence-electron chi connectivity index (χ4n) is 2.86. The number of carbonyl (C=O) groups is 1. The number of fused-ring (bicyclic) bond motifs is 1. The van der Waals surface area contributed by atoms with Gasteiger partial charge in [0.25, 0.3) is 5.91 Å². The van der Waals surface area contributed by atoms with Crippen molar-refractivity contribution in [3.63, 3.8) is 0 Å². The predicted molar refractivity (Wildman–Crippen MR) is 125 cm³/mol. The van der Waals surface area contributed by atoms with Gasteiger partial charge < -0.3 is 14.5 Å². The summed E-state index contributed by atoms with van der Waals surface area (Å²) in [5.74, 6) is 0.462. The summed E-state index contributed by atoms with van der Waals surface area (Å²) in [7, 11) is 0. The molecule has 30 heavy (non-hydrogen) atoms. The van der Waals surface area contributed by atoms with Crippen LogP contribution in [-0.2, 0) is 6.61 Å². The lowest BCUT2D eigenvalue weighted by atomic mass is 10.2. The lowest BCUT2D eigenvalue weighted by molar-refractivity contribution is 0.0953. The molecule has 1 amide bonds. The number of hydrogen-bond donors (Lipinski definition) is 2. The highest BCUT2D eigenvalue weighted by molar-refractivity contribution is 9.10. The summed E-state index contributed by atoms with van der Waals surface area (Å²) in [6.45, 7) is 0.466. The summed E-state index contributed by atoms with van der Waals surface area (Å²) < 4.78 is 12.3. The number of furan rings is 1. The second-order valence-electron chi connectivity index (χ2n) is 6.50. The average molecular weight is 481 g/mol. The Morgan fingerprint density at radius 2 is 1.83 bits per heavy atom. The summed E-state index contributed by atoms with van der Waals surface area (Å²) in [6, 6.07) is 24.5. The first-order valence-electron chi connectivity index (χ1n) is 9.15. The van der Waals surface area contributed by atoms with Gasteiger partial charge in [0, 0.05) is 21.6 Å². The largest absolute Gasteiger partial charge is 0.489 e. The van der Waals surface area contributed by atoms with Crippen LogP contribution in [0.15, 0.2) is 87.8 Å². The molecular formula is C23H17BrN2O3S. The molecule has 0 spiro atoms. The minimum absolute atomic E-state index is 0.168. The number of amides is 1. The molecule has 1 aromatic heterocycles. The smallest absolute Gasteiger partial charge is 0.293 e. The molecule has 2 N–H and O–H groups in total. The van der Waals surface area contributed by atoms with Crippen molar-refractivity contribution in [1.82, 2.24) is 5.32 Å². The van der Waals surface area contributed by atoms with Gasteiger partial charge in [-0.1, -0.05) is 52.3 Å². The normalized spacial score (nSPS) is 10.6. The molecule has 0 fully saturated rings. The molecule has 1 heterocycles. The molecule has 0 aliphatic carbocycles. The first-order valence-corrected chi connectivity index (χ1v) is 10.4. The van der Waals surface area contributed by atoms with Crippen LogP contribution >= 0.6 is 28.1 Å². The number of benzene rings is 3. The Hall–Kier alpha value is -3.16. The van der Waals surface area contributed by atoms with E-state index in [1.807, 2.05) is 66.7 Å². The molecule has 0 unspecified atom stereocenters. The number of nitrogens with one attached hydrogen (secondary N) is 2. The van der Waals surface area contributed by atoms with Crippen molar-refractivity contribution < 1.29 is 13.9 Å². The molecule has 4 aromatic rings. The van der Waals surface area contributed by atoms with Gasteiger partial charge in [-0.25, -0.2) is 0 Å². The fourth-order valence-corrected chi connectivity index (χ4v) is 3.45. The molecule has 0 saturated carbocycles. The van der Waals surface area contributed by atoms with Gasteiger partial charge in [-0.3, -0.25) is 10.1 Å². The Balaban J connectivity index is 1.36. The molecule has 0 radical (unpaired) electrons. The van der Waals surface area contributed by atoms with E-state index in [-0.39, 0.29) is 10.9 Å². The number of anilines is 1. The van der Waals surface area contributed by atoms with Gasteiger partial charge in [0.05, 0.1) is 0 Å². The van der Waals surface area contributed by atoms with Crippen LogP contribution in [0, 0.1) is 0 Å². The Morgan fingerprint density at radius 1 is 1.00 bits per heavy atom. The standard InChI is InChI=1S/C23H17BrN2O3S/c24-17-9-10-20-16(11-17)12-21(29-20)22(27)26-23(30)25-18-7-4-8-19(13-18)28-14-15-5-2-1-3-6-15/h1-13H,14H2,(H2,25,26,27,30). The maximum Gasteiger partial charge on any atom is 0.293 e. The van der Waals surface area contributed by atoms with Crippen LogP contribution in [0.3, 0.4) is 0 Å². The first kappa shape index (κ1) is 20.1. The number of ether oxygens (including phenoxy) is 1. The number of halogens is 1. The van der Waals surface area contributed by atoms with E-state index in [0.717, 1.165) is 15.4 Å². The van der Waals surface area contributed by atoms with Crippen LogP contribution in [0.25, 0.3) is 11.0 Å². The number of hydrogen-bond acceptors (Lipinski definition) is 4. The van der Waals surface area contributed by atoms with Crippen LogP contribution in [-0.4, -0.2) is 11.0 Å². The Kier molecular flexibility index (Phi) is 6.11. The van der Waals surface area contributed by atoms with Gasteiger partial charge in [-0.15, -0.1) is 0 Å². The molecule has 0 atom stereocenters. The predicted octanol–water partition coefficient (Wildman–Crippen LogP) is 5.90. The quantitative estimate of drug-likeness (QED) is 0.348. The molecule has 7 heteroatoms. The summed E-state index contributed by atoms with van der Waals surface area (Å²) in [5, 5.41) is 6.63. The van der Waals surface area contributed by atoms with Crippen LogP contribution < -0.4 is 15.4 Å². The highest BCUT2D eigenvalue weighted by atomic mass is 79.9. The molecule has 0 aliphatic heterocycles. The third-order valence-corrected chi connectivity index (χ3v) is 4.97. The molecule has 3 aromatic carbocycles. The zero-order valence-electron chi connectivity index (χ0n) is 15.7. The van der Waals surface area contributed by atoms with Crippen molar-refractivity contribution in [2.75, 3.05) is 5.32 Å². The second-order valence-corrected chi connectivity index (χ2v) is 7.83. The van der Waals surface area contributed by atoms with E-state index in [2.05, 4.69) is 26.6 Å². The van der Waals surface area contributed by atoms with E-state index in [9.17, 15) is 4.79 Å². The van der Waals surface area contributed by atoms with Gasteiger partial charge in [-0.2, -0.15) is 0 Å². The van der Waals surface area contributed by atoms with Gasteiger partial charge >= 0.3 is 0 Å². The molecular weight excluding hydrogens is 464 g/mol. The lowest BCUT2D eigenvalue weighted by Crippen LogP contribution is -2.33. The number of thiocarbonyl (C=S) groups is 1. The molecule has 5 nitrogen and oxygen atoms in total. The zero-order chi connectivity index (χ0) is 20.9. The maximum atomic E-state index is 12.5. The molecule has 150 valence electrons. The number of carbonyl (C=O) groups excluding carboxylic acids is 1. The van der Waals surface area contributed by atoms with Crippen molar-refractivity contribution in [2.24, 2.45) is 0 Å². The summed E-state index contributed by atoms with van der Waals surface area (Å²) in [5.41, 5.74) is 2.42. The summed E-state index contributed by atoms with van der Waals surface area (Å²) >= 11 is 8.67. The van der Waals surface area contributed by atoms with Crippen LogP contribution in [0.4, 0.5) is 5.69 Å². The van der Waals surface area contributed by atoms with Crippen LogP contribution in [0.2, 0.25) is 0 Å². The fraction of sp³-hybridized carbons (Fsp3) is 0.0435. The first-order chi connectivity index (χ1) is 14.6. The van der Waals surface area contributed by atoms with E-state index in [1.54, 1.807) is 12.1 Å². The highest BCUT2D eigenvalue weighted by Crippen LogP contribution is 2.23. The Bertz CT molecular complexity index is 1210. The van der Waals surface area contributed by atoms with E-state index in [4.69, 9.17) is 21.4 Å². The highest BCUT2D eigenvalue weighted by Gasteiger charge is 2.14. The van der Waals surface area contributed by atoms with Gasteiger partial charge in [0.1, 0.15) is 17.9 Å². The molecule has 0 saturated heterocycles. The van der Waals surface area contributed by atoms with Crippen LogP contribution in [0.1, 0.15) is 16.1 Å². The second kappa shape index (κ2) is 9.11. The Labute approximate surface area is 187 Å².